The van der Waals surface area contributed by atoms with Crippen LogP contribution in [0.4, 0.5) is 5.82 Å². The van der Waals surface area contributed by atoms with Gasteiger partial charge in [0.2, 0.25) is 10.0 Å². The Morgan fingerprint density at radius 3 is 2.29 bits per heavy atom. The molecule has 0 atom stereocenters. The zero-order chi connectivity index (χ0) is 24.1. The van der Waals surface area contributed by atoms with E-state index in [2.05, 4.69) is 17.1 Å². The highest BCUT2D eigenvalue weighted by atomic mass is 35.5. The molecule has 0 saturated carbocycles. The second kappa shape index (κ2) is 10.9. The zero-order valence-corrected chi connectivity index (χ0v) is 21.2. The first-order chi connectivity index (χ1) is 16.4. The lowest BCUT2D eigenvalue weighted by Crippen LogP contribution is -2.48. The molecule has 1 aromatic heterocycles. The first kappa shape index (κ1) is 24.7. The summed E-state index contributed by atoms with van der Waals surface area (Å²) < 4.78 is 33.3. The minimum Gasteiger partial charge on any atom is -0.494 e. The first-order valence-corrected chi connectivity index (χ1v) is 13.3. The number of hydrogen-bond acceptors (Lipinski definition) is 6. The fourth-order valence-corrected chi connectivity index (χ4v) is 5.61. The minimum absolute atomic E-state index is 0.271. The molecule has 4 rings (SSSR count). The molecule has 0 aliphatic carbocycles. The molecule has 34 heavy (non-hydrogen) atoms. The Morgan fingerprint density at radius 1 is 0.941 bits per heavy atom. The van der Waals surface area contributed by atoms with Crippen molar-refractivity contribution in [3.63, 3.8) is 0 Å². The maximum Gasteiger partial charge on any atom is 0.243 e. The molecule has 10 heteroatoms. The second-order valence-corrected chi connectivity index (χ2v) is 10.7. The third kappa shape index (κ3) is 5.63. The van der Waals surface area contributed by atoms with Gasteiger partial charge in [0.25, 0.3) is 0 Å². The Bertz CT molecular complexity index is 1210. The highest BCUT2D eigenvalue weighted by Crippen LogP contribution is 2.29. The van der Waals surface area contributed by atoms with Gasteiger partial charge in [-0.15, -0.1) is 10.2 Å². The Kier molecular flexibility index (Phi) is 7.93. The van der Waals surface area contributed by atoms with Gasteiger partial charge in [-0.1, -0.05) is 36.5 Å². The number of aromatic nitrogens is 2. The maximum atomic E-state index is 13.1. The molecule has 0 bridgehead atoms. The van der Waals surface area contributed by atoms with Crippen molar-refractivity contribution < 1.29 is 13.2 Å². The molecule has 1 aliphatic rings. The monoisotopic (exact) mass is 520 g/mol. The standard InChI is InChI=1S/C24H26Cl2N4O3S/c1-2-3-16-33-19-5-7-20(8-6-19)34(31,32)30-14-12-29(13-15-30)24-11-10-23(27-28-24)21-9-4-18(25)17-22(21)26/h4-11,17H,2-3,12-16H2,1H3. The van der Waals surface area contributed by atoms with Crippen molar-refractivity contribution in [2.45, 2.75) is 24.7 Å². The highest BCUT2D eigenvalue weighted by Gasteiger charge is 2.29. The molecule has 1 saturated heterocycles. The van der Waals surface area contributed by atoms with Gasteiger partial charge >= 0.3 is 0 Å². The lowest BCUT2D eigenvalue weighted by Gasteiger charge is -2.34. The third-order valence-electron chi connectivity index (χ3n) is 5.65. The first-order valence-electron chi connectivity index (χ1n) is 11.2. The van der Waals surface area contributed by atoms with Crippen molar-refractivity contribution in [3.8, 4) is 17.0 Å². The predicted octanol–water partition coefficient (Wildman–Crippen LogP) is 5.14. The lowest BCUT2D eigenvalue weighted by atomic mass is 10.1. The lowest BCUT2D eigenvalue weighted by molar-refractivity contribution is 0.309. The molecule has 0 unspecified atom stereocenters. The topological polar surface area (TPSA) is 75.6 Å². The van der Waals surface area contributed by atoms with Crippen LogP contribution in [0.1, 0.15) is 19.8 Å². The Morgan fingerprint density at radius 2 is 1.68 bits per heavy atom. The van der Waals surface area contributed by atoms with Crippen LogP contribution in [0.25, 0.3) is 11.3 Å². The van der Waals surface area contributed by atoms with E-state index >= 15 is 0 Å². The van der Waals surface area contributed by atoms with Gasteiger partial charge in [0.05, 0.1) is 22.2 Å². The van der Waals surface area contributed by atoms with E-state index in [-0.39, 0.29) is 4.90 Å². The summed E-state index contributed by atoms with van der Waals surface area (Å²) in [7, 11) is -3.57. The number of ether oxygens (including phenoxy) is 1. The normalized spacial score (nSPS) is 14.9. The largest absolute Gasteiger partial charge is 0.494 e. The molecule has 3 aromatic rings. The van der Waals surface area contributed by atoms with Crippen LogP contribution in [-0.4, -0.2) is 55.7 Å². The summed E-state index contributed by atoms with van der Waals surface area (Å²) in [5.41, 5.74) is 1.40. The number of benzene rings is 2. The van der Waals surface area contributed by atoms with Gasteiger partial charge in [-0.25, -0.2) is 8.42 Å². The number of anilines is 1. The summed E-state index contributed by atoms with van der Waals surface area (Å²) in [6.07, 6.45) is 2.01. The molecule has 0 N–H and O–H groups in total. The summed E-state index contributed by atoms with van der Waals surface area (Å²) in [4.78, 5) is 2.30. The molecule has 2 aromatic carbocycles. The number of sulfonamides is 1. The van der Waals surface area contributed by atoms with Crippen molar-refractivity contribution in [2.24, 2.45) is 0 Å². The number of unbranched alkanes of at least 4 members (excludes halogenated alkanes) is 1. The molecule has 180 valence electrons. The van der Waals surface area contributed by atoms with Crippen LogP contribution in [-0.2, 0) is 10.0 Å². The average Bonchev–Trinajstić information content (AvgIpc) is 2.85. The van der Waals surface area contributed by atoms with Crippen LogP contribution < -0.4 is 9.64 Å². The number of piperazine rings is 1. The molecule has 0 amide bonds. The van der Waals surface area contributed by atoms with Gasteiger partial charge in [-0.3, -0.25) is 0 Å². The Labute approximate surface area is 210 Å². The average molecular weight is 521 g/mol. The SMILES string of the molecule is CCCCOc1ccc(S(=O)(=O)N2CCN(c3ccc(-c4ccc(Cl)cc4Cl)nn3)CC2)cc1. The van der Waals surface area contributed by atoms with Crippen LogP contribution >= 0.6 is 23.2 Å². The van der Waals surface area contributed by atoms with E-state index in [0.717, 1.165) is 18.4 Å². The quantitative estimate of drug-likeness (QED) is 0.382. The van der Waals surface area contributed by atoms with E-state index in [4.69, 9.17) is 27.9 Å². The van der Waals surface area contributed by atoms with E-state index in [9.17, 15) is 8.42 Å². The van der Waals surface area contributed by atoms with Gasteiger partial charge in [0.15, 0.2) is 5.82 Å². The fourth-order valence-electron chi connectivity index (χ4n) is 3.68. The Balaban J connectivity index is 1.38. The second-order valence-electron chi connectivity index (χ2n) is 7.97. The van der Waals surface area contributed by atoms with Crippen molar-refractivity contribution in [1.82, 2.24) is 14.5 Å². The molecule has 0 radical (unpaired) electrons. The predicted molar refractivity (Wildman–Crippen MR) is 135 cm³/mol. The number of nitrogens with zero attached hydrogens (tertiary/aromatic N) is 4. The van der Waals surface area contributed by atoms with Gasteiger partial charge < -0.3 is 9.64 Å². The van der Waals surface area contributed by atoms with Crippen LogP contribution in [0, 0.1) is 0 Å². The summed E-state index contributed by atoms with van der Waals surface area (Å²) in [6, 6.07) is 15.6. The van der Waals surface area contributed by atoms with Crippen LogP contribution in [0.5, 0.6) is 5.75 Å². The molecule has 7 nitrogen and oxygen atoms in total. The number of halogens is 2. The summed E-state index contributed by atoms with van der Waals surface area (Å²) in [5.74, 6) is 1.37. The van der Waals surface area contributed by atoms with Crippen molar-refractivity contribution >= 4 is 39.0 Å². The minimum atomic E-state index is -3.57. The summed E-state index contributed by atoms with van der Waals surface area (Å²) in [6.45, 7) is 4.49. The van der Waals surface area contributed by atoms with Crippen LogP contribution in [0.2, 0.25) is 10.0 Å². The molecule has 2 heterocycles. The highest BCUT2D eigenvalue weighted by molar-refractivity contribution is 7.89. The Hall–Kier alpha value is -2.39. The van der Waals surface area contributed by atoms with E-state index in [1.54, 1.807) is 36.4 Å². The molecule has 1 fully saturated rings. The smallest absolute Gasteiger partial charge is 0.243 e. The van der Waals surface area contributed by atoms with E-state index in [0.29, 0.717) is 60.1 Å². The molecule has 1 aliphatic heterocycles. The maximum absolute atomic E-state index is 13.1. The van der Waals surface area contributed by atoms with Gasteiger partial charge in [0, 0.05) is 36.8 Å². The van der Waals surface area contributed by atoms with Crippen molar-refractivity contribution in [1.29, 1.82) is 0 Å². The van der Waals surface area contributed by atoms with Crippen LogP contribution in [0.15, 0.2) is 59.5 Å². The molecule has 0 spiro atoms. The van der Waals surface area contributed by atoms with E-state index in [1.165, 1.54) is 4.31 Å². The zero-order valence-electron chi connectivity index (χ0n) is 18.8. The third-order valence-corrected chi connectivity index (χ3v) is 8.11. The summed E-state index contributed by atoms with van der Waals surface area (Å²) in [5, 5.41) is 9.70. The fraction of sp³-hybridized carbons (Fsp3) is 0.333. The van der Waals surface area contributed by atoms with Gasteiger partial charge in [0.1, 0.15) is 5.75 Å². The molecular formula is C24H26Cl2N4O3S. The number of hydrogen-bond donors (Lipinski definition) is 0. The molecular weight excluding hydrogens is 495 g/mol. The number of rotatable bonds is 8. The van der Waals surface area contributed by atoms with Crippen molar-refractivity contribution in [2.75, 3.05) is 37.7 Å². The van der Waals surface area contributed by atoms with Gasteiger partial charge in [-0.2, -0.15) is 4.31 Å². The summed E-state index contributed by atoms with van der Waals surface area (Å²) >= 11 is 12.2. The van der Waals surface area contributed by atoms with Crippen molar-refractivity contribution in [3.05, 3.63) is 64.6 Å². The van der Waals surface area contributed by atoms with Crippen LogP contribution in [0.3, 0.4) is 0 Å². The van der Waals surface area contributed by atoms with E-state index in [1.807, 2.05) is 23.1 Å². The van der Waals surface area contributed by atoms with Gasteiger partial charge in [-0.05, 0) is 61.0 Å². The van der Waals surface area contributed by atoms with E-state index < -0.39 is 10.0 Å².